The van der Waals surface area contributed by atoms with Gasteiger partial charge in [-0.1, -0.05) is 72.8 Å². The molecule has 4 aromatic carbocycles. The van der Waals surface area contributed by atoms with Crippen LogP contribution in [-0.2, 0) is 27.8 Å². The smallest absolute Gasteiger partial charge is 0.322 e. The SMILES string of the molecule is O=C(O)[C@H](Cc1ccc(OCc2ccccc2)cc1)NS(=O)(=O)c1ccc2ccccc2c1. The molecule has 0 radical (unpaired) electrons. The molecular weight excluding hydrogens is 438 g/mol. The van der Waals surface area contributed by atoms with Crippen LogP contribution in [0.3, 0.4) is 0 Å². The number of carboxylic acid groups (broad SMARTS) is 1. The number of hydrogen-bond acceptors (Lipinski definition) is 4. The summed E-state index contributed by atoms with van der Waals surface area (Å²) in [5, 5.41) is 11.3. The third-order valence-electron chi connectivity index (χ3n) is 5.24. The Labute approximate surface area is 192 Å². The first-order valence-corrected chi connectivity index (χ1v) is 11.9. The van der Waals surface area contributed by atoms with Crippen LogP contribution in [0.15, 0.2) is 102 Å². The molecule has 0 aliphatic carbocycles. The van der Waals surface area contributed by atoms with Gasteiger partial charge in [0.25, 0.3) is 0 Å². The van der Waals surface area contributed by atoms with E-state index in [2.05, 4.69) is 4.72 Å². The second kappa shape index (κ2) is 9.85. The molecule has 0 heterocycles. The molecule has 0 aliphatic heterocycles. The predicted molar refractivity (Wildman–Crippen MR) is 127 cm³/mol. The lowest BCUT2D eigenvalue weighted by molar-refractivity contribution is -0.138. The van der Waals surface area contributed by atoms with Crippen LogP contribution in [0.25, 0.3) is 10.8 Å². The number of ether oxygens (including phenoxy) is 1. The quantitative estimate of drug-likeness (QED) is 0.386. The van der Waals surface area contributed by atoms with Crippen molar-refractivity contribution in [3.63, 3.8) is 0 Å². The minimum atomic E-state index is -4.02. The van der Waals surface area contributed by atoms with Crippen LogP contribution in [-0.4, -0.2) is 25.5 Å². The topological polar surface area (TPSA) is 92.7 Å². The number of rotatable bonds is 9. The maximum absolute atomic E-state index is 12.9. The molecule has 0 amide bonds. The summed E-state index contributed by atoms with van der Waals surface area (Å²) in [6.07, 6.45) is 0.00110. The van der Waals surface area contributed by atoms with E-state index in [9.17, 15) is 18.3 Å². The van der Waals surface area contributed by atoms with Crippen LogP contribution in [0.2, 0.25) is 0 Å². The fourth-order valence-corrected chi connectivity index (χ4v) is 4.69. The molecule has 0 bridgehead atoms. The van der Waals surface area contributed by atoms with Crippen molar-refractivity contribution in [2.45, 2.75) is 24.0 Å². The Kier molecular flexibility index (Phi) is 6.72. The summed E-state index contributed by atoms with van der Waals surface area (Å²) in [4.78, 5) is 11.8. The van der Waals surface area contributed by atoms with Crippen molar-refractivity contribution in [2.75, 3.05) is 0 Å². The van der Waals surface area contributed by atoms with E-state index in [0.29, 0.717) is 17.9 Å². The van der Waals surface area contributed by atoms with Gasteiger partial charge in [0.05, 0.1) is 4.90 Å². The summed E-state index contributed by atoms with van der Waals surface area (Å²) >= 11 is 0. The van der Waals surface area contributed by atoms with Crippen molar-refractivity contribution < 1.29 is 23.1 Å². The molecule has 1 atom stereocenters. The molecule has 6 nitrogen and oxygen atoms in total. The molecule has 33 heavy (non-hydrogen) atoms. The van der Waals surface area contributed by atoms with Crippen molar-refractivity contribution in [1.82, 2.24) is 4.72 Å². The molecule has 0 spiro atoms. The van der Waals surface area contributed by atoms with Crippen molar-refractivity contribution in [2.24, 2.45) is 0 Å². The average molecular weight is 462 g/mol. The molecule has 0 saturated carbocycles. The molecule has 4 aromatic rings. The number of carbonyl (C=O) groups is 1. The third kappa shape index (κ3) is 5.77. The molecule has 0 fully saturated rings. The summed E-state index contributed by atoms with van der Waals surface area (Å²) in [5.74, 6) is -0.602. The van der Waals surface area contributed by atoms with Crippen molar-refractivity contribution in [3.8, 4) is 5.75 Å². The number of carboxylic acids is 1. The van der Waals surface area contributed by atoms with E-state index in [1.807, 2.05) is 54.6 Å². The Balaban J connectivity index is 1.44. The zero-order chi connectivity index (χ0) is 23.3. The van der Waals surface area contributed by atoms with Crippen molar-refractivity contribution >= 4 is 26.8 Å². The molecular formula is C26H23NO5S. The number of nitrogens with one attached hydrogen (secondary N) is 1. The predicted octanol–water partition coefficient (Wildman–Crippen LogP) is 4.39. The Bertz CT molecular complexity index is 1350. The van der Waals surface area contributed by atoms with Gasteiger partial charge in [0.1, 0.15) is 18.4 Å². The number of benzene rings is 4. The van der Waals surface area contributed by atoms with Gasteiger partial charge in [0, 0.05) is 0 Å². The van der Waals surface area contributed by atoms with Gasteiger partial charge < -0.3 is 9.84 Å². The largest absolute Gasteiger partial charge is 0.489 e. The maximum Gasteiger partial charge on any atom is 0.322 e. The number of sulfonamides is 1. The summed E-state index contributed by atoms with van der Waals surface area (Å²) in [5.41, 5.74) is 1.71. The maximum atomic E-state index is 12.9. The van der Waals surface area contributed by atoms with Gasteiger partial charge in [-0.3, -0.25) is 4.79 Å². The van der Waals surface area contributed by atoms with E-state index < -0.39 is 22.0 Å². The Morgan fingerprint density at radius 2 is 1.48 bits per heavy atom. The lowest BCUT2D eigenvalue weighted by Gasteiger charge is -2.16. The lowest BCUT2D eigenvalue weighted by atomic mass is 10.1. The van der Waals surface area contributed by atoms with E-state index in [0.717, 1.165) is 16.3 Å². The highest BCUT2D eigenvalue weighted by Crippen LogP contribution is 2.20. The fourth-order valence-electron chi connectivity index (χ4n) is 3.47. The van der Waals surface area contributed by atoms with Crippen LogP contribution in [0, 0.1) is 0 Å². The minimum Gasteiger partial charge on any atom is -0.489 e. The van der Waals surface area contributed by atoms with Crippen LogP contribution in [0.5, 0.6) is 5.75 Å². The van der Waals surface area contributed by atoms with Crippen LogP contribution in [0.1, 0.15) is 11.1 Å². The van der Waals surface area contributed by atoms with E-state index in [-0.39, 0.29) is 11.3 Å². The normalized spacial score (nSPS) is 12.4. The first-order chi connectivity index (χ1) is 15.9. The molecule has 0 aromatic heterocycles. The molecule has 4 rings (SSSR count). The Hall–Kier alpha value is -3.68. The van der Waals surface area contributed by atoms with Crippen LogP contribution < -0.4 is 9.46 Å². The zero-order valence-electron chi connectivity index (χ0n) is 17.7. The lowest BCUT2D eigenvalue weighted by Crippen LogP contribution is -2.42. The Morgan fingerprint density at radius 1 is 0.818 bits per heavy atom. The van der Waals surface area contributed by atoms with Crippen molar-refractivity contribution in [3.05, 3.63) is 108 Å². The monoisotopic (exact) mass is 461 g/mol. The first kappa shape index (κ1) is 22.5. The van der Waals surface area contributed by atoms with Gasteiger partial charge in [0.2, 0.25) is 10.0 Å². The van der Waals surface area contributed by atoms with E-state index >= 15 is 0 Å². The standard InChI is InChI=1S/C26H23NO5S/c28-26(29)25(27-33(30,31)24-15-12-21-8-4-5-9-22(21)17-24)16-19-10-13-23(14-11-19)32-18-20-6-2-1-3-7-20/h1-15,17,25,27H,16,18H2,(H,28,29)/t25-/m0/s1. The highest BCUT2D eigenvalue weighted by molar-refractivity contribution is 7.89. The summed E-state index contributed by atoms with van der Waals surface area (Å²) < 4.78 is 33.8. The second-order valence-corrected chi connectivity index (χ2v) is 9.36. The van der Waals surface area contributed by atoms with Gasteiger partial charge in [-0.25, -0.2) is 8.42 Å². The molecule has 168 valence electrons. The molecule has 0 saturated heterocycles. The van der Waals surface area contributed by atoms with Gasteiger partial charge in [0.15, 0.2) is 0 Å². The fraction of sp³-hybridized carbons (Fsp3) is 0.115. The number of hydrogen-bond donors (Lipinski definition) is 2. The van der Waals surface area contributed by atoms with Gasteiger partial charge >= 0.3 is 5.97 Å². The molecule has 2 N–H and O–H groups in total. The summed E-state index contributed by atoms with van der Waals surface area (Å²) in [6.45, 7) is 0.420. The number of fused-ring (bicyclic) bond motifs is 1. The van der Waals surface area contributed by atoms with Crippen molar-refractivity contribution in [1.29, 1.82) is 0 Å². The second-order valence-electron chi connectivity index (χ2n) is 7.64. The molecule has 0 unspecified atom stereocenters. The minimum absolute atomic E-state index is 0.00110. The summed E-state index contributed by atoms with van der Waals surface area (Å²) in [7, 11) is -4.02. The van der Waals surface area contributed by atoms with Gasteiger partial charge in [-0.05, 0) is 52.6 Å². The van der Waals surface area contributed by atoms with E-state index in [1.165, 1.54) is 12.1 Å². The summed E-state index contributed by atoms with van der Waals surface area (Å²) in [6, 6.07) is 27.5. The highest BCUT2D eigenvalue weighted by atomic mass is 32.2. The van der Waals surface area contributed by atoms with E-state index in [1.54, 1.807) is 30.3 Å². The molecule has 0 aliphatic rings. The highest BCUT2D eigenvalue weighted by Gasteiger charge is 2.26. The van der Waals surface area contributed by atoms with Crippen LogP contribution in [0.4, 0.5) is 0 Å². The zero-order valence-corrected chi connectivity index (χ0v) is 18.5. The van der Waals surface area contributed by atoms with Gasteiger partial charge in [-0.15, -0.1) is 0 Å². The van der Waals surface area contributed by atoms with E-state index in [4.69, 9.17) is 4.74 Å². The third-order valence-corrected chi connectivity index (χ3v) is 6.71. The average Bonchev–Trinajstić information content (AvgIpc) is 2.83. The van der Waals surface area contributed by atoms with Gasteiger partial charge in [-0.2, -0.15) is 4.72 Å². The number of aliphatic carboxylic acids is 1. The van der Waals surface area contributed by atoms with Crippen LogP contribution >= 0.6 is 0 Å². The first-order valence-electron chi connectivity index (χ1n) is 10.4. The Morgan fingerprint density at radius 3 is 2.18 bits per heavy atom. The molecule has 7 heteroatoms.